The molecule has 0 saturated carbocycles. The molecule has 6 rings (SSSR count). The van der Waals surface area contributed by atoms with E-state index in [-0.39, 0.29) is 28.8 Å². The van der Waals surface area contributed by atoms with Gasteiger partial charge >= 0.3 is 23.1 Å². The van der Waals surface area contributed by atoms with Gasteiger partial charge in [-0.25, -0.2) is 0 Å². The van der Waals surface area contributed by atoms with Gasteiger partial charge in [0.25, 0.3) is 0 Å². The zero-order chi connectivity index (χ0) is 23.7. The van der Waals surface area contributed by atoms with E-state index in [0.717, 1.165) is 97.5 Å². The van der Waals surface area contributed by atoms with Crippen LogP contribution in [-0.4, -0.2) is 28.8 Å². The molecule has 0 radical (unpaired) electrons. The first-order valence-electron chi connectivity index (χ1n) is 11.9. The molecule has 1 saturated heterocycles. The van der Waals surface area contributed by atoms with Gasteiger partial charge in [-0.15, -0.1) is 33.5 Å². The molecule has 5 heterocycles. The maximum atomic E-state index is 13.0. The average molecular weight is 471 g/mol. The van der Waals surface area contributed by atoms with Gasteiger partial charge in [0.1, 0.15) is 0 Å². The summed E-state index contributed by atoms with van der Waals surface area (Å²) in [5, 5.41) is 6.76. The van der Waals surface area contributed by atoms with Crippen molar-refractivity contribution in [3.8, 4) is 0 Å². The molecule has 35 heavy (non-hydrogen) atoms. The molecule has 0 spiro atoms. The SMILES string of the molecule is C=Cc1c2[n-]c(c1C)/C=C1/CC/C(=C3\CC(=O)c4c3[n-]c(c4C)/C=c3\[n-]/c(c(C)c3CC)=C\2)[N-]1.[Mg+2]. The number of carbonyl (C=O) groups excluding carboxylic acids is 1. The Kier molecular flexibility index (Phi) is 5.84. The number of allylic oxidation sites excluding steroid dienone is 3. The van der Waals surface area contributed by atoms with Crippen molar-refractivity contribution in [3.05, 3.63) is 90.1 Å². The van der Waals surface area contributed by atoms with Gasteiger partial charge in [0, 0.05) is 12.0 Å². The van der Waals surface area contributed by atoms with Crippen LogP contribution in [0.3, 0.4) is 0 Å². The molecule has 0 N–H and O–H groups in total. The summed E-state index contributed by atoms with van der Waals surface area (Å²) in [6.45, 7) is 12.4. The zero-order valence-electron chi connectivity index (χ0n) is 20.7. The Balaban J connectivity index is 0.00000253. The second-order valence-corrected chi connectivity index (χ2v) is 9.37. The Hall–Kier alpha value is -2.96. The Morgan fingerprint density at radius 2 is 1.66 bits per heavy atom. The smallest absolute Gasteiger partial charge is 0.665 e. The summed E-state index contributed by atoms with van der Waals surface area (Å²) >= 11 is 0. The standard InChI is InChI=1S/C29H27N4O.Mg/c1-6-18-14(3)22-10-17-8-9-21(30-17)20-11-27(34)28-16(5)24(33-29(20)28)13-26-19(7-2)15(4)23(32-26)12-25(18)31-22;/h6,10,12-13H,1,7-9,11H2,2-5H3,(H-,30,33,34);/q-3;+2/p-1/b17-10-,23-12-,26-13-;. The van der Waals surface area contributed by atoms with Crippen LogP contribution in [0.25, 0.3) is 35.2 Å². The van der Waals surface area contributed by atoms with Crippen LogP contribution in [0.5, 0.6) is 0 Å². The second kappa shape index (κ2) is 8.61. The van der Waals surface area contributed by atoms with E-state index in [4.69, 9.17) is 20.3 Å². The second-order valence-electron chi connectivity index (χ2n) is 9.37. The van der Waals surface area contributed by atoms with Crippen LogP contribution in [0.1, 0.15) is 87.1 Å². The number of nitrogens with zero attached hydrogens (tertiary/aromatic N) is 4. The van der Waals surface area contributed by atoms with Gasteiger partial charge in [0.15, 0.2) is 5.78 Å². The third-order valence-corrected chi connectivity index (χ3v) is 7.48. The molecule has 8 bridgehead atoms. The van der Waals surface area contributed by atoms with E-state index in [1.54, 1.807) is 0 Å². The van der Waals surface area contributed by atoms with Crippen molar-refractivity contribution < 1.29 is 4.79 Å². The van der Waals surface area contributed by atoms with E-state index >= 15 is 0 Å². The van der Waals surface area contributed by atoms with Gasteiger partial charge in [0.05, 0.1) is 0 Å². The van der Waals surface area contributed by atoms with Crippen molar-refractivity contribution in [2.45, 2.75) is 53.4 Å². The van der Waals surface area contributed by atoms with E-state index in [0.29, 0.717) is 6.42 Å². The van der Waals surface area contributed by atoms with Crippen LogP contribution in [0, 0.1) is 20.8 Å². The largest absolute Gasteiger partial charge is 2.00 e. The summed E-state index contributed by atoms with van der Waals surface area (Å²) in [5.41, 5.74) is 12.6. The van der Waals surface area contributed by atoms with Crippen LogP contribution in [-0.2, 0) is 6.42 Å². The van der Waals surface area contributed by atoms with Crippen molar-refractivity contribution in [3.63, 3.8) is 0 Å². The number of hydrogen-bond donors (Lipinski definition) is 0. The predicted molar refractivity (Wildman–Crippen MR) is 142 cm³/mol. The summed E-state index contributed by atoms with van der Waals surface area (Å²) in [5.74, 6) is 0.140. The van der Waals surface area contributed by atoms with Crippen molar-refractivity contribution in [2.24, 2.45) is 0 Å². The molecule has 3 aromatic rings. The van der Waals surface area contributed by atoms with E-state index in [2.05, 4.69) is 39.5 Å². The third kappa shape index (κ3) is 3.53. The Labute approximate surface area is 221 Å². The van der Waals surface area contributed by atoms with Gasteiger partial charge in [-0.3, -0.25) is 4.79 Å². The fraction of sp³-hybridized carbons (Fsp3) is 0.276. The molecule has 3 aromatic heterocycles. The van der Waals surface area contributed by atoms with E-state index in [1.165, 1.54) is 5.56 Å². The van der Waals surface area contributed by atoms with Crippen molar-refractivity contribution in [1.29, 1.82) is 0 Å². The van der Waals surface area contributed by atoms with E-state index < -0.39 is 0 Å². The van der Waals surface area contributed by atoms with Crippen molar-refractivity contribution >= 4 is 58.7 Å². The monoisotopic (exact) mass is 470 g/mol. The number of hydrogen-bond acceptors (Lipinski definition) is 1. The molecule has 6 heteroatoms. The molecule has 0 unspecified atom stereocenters. The summed E-state index contributed by atoms with van der Waals surface area (Å²) in [6.07, 6.45) is 11.0. The maximum absolute atomic E-state index is 13.0. The molecule has 3 aliphatic rings. The topological polar surface area (TPSA) is 73.5 Å². The minimum Gasteiger partial charge on any atom is -0.665 e. The fourth-order valence-corrected chi connectivity index (χ4v) is 5.55. The number of aromatic nitrogens is 3. The van der Waals surface area contributed by atoms with Crippen LogP contribution in [0.15, 0.2) is 18.0 Å². The molecule has 172 valence electrons. The van der Waals surface area contributed by atoms with Gasteiger partial charge in [-0.05, 0) is 45.6 Å². The number of Topliss-reactive ketones (excluding diaryl/α,β-unsaturated/α-hetero) is 1. The Morgan fingerprint density at radius 1 is 0.914 bits per heavy atom. The molecule has 1 fully saturated rings. The van der Waals surface area contributed by atoms with Gasteiger partial charge in [-0.2, -0.15) is 11.4 Å². The average Bonchev–Trinajstić information content (AvgIpc) is 3.58. The minimum atomic E-state index is 0. The van der Waals surface area contributed by atoms with E-state index in [9.17, 15) is 4.79 Å². The molecule has 0 aromatic carbocycles. The van der Waals surface area contributed by atoms with Crippen LogP contribution in [0.2, 0.25) is 0 Å². The predicted octanol–water partition coefficient (Wildman–Crippen LogP) is 3.79. The summed E-state index contributed by atoms with van der Waals surface area (Å²) in [7, 11) is 0. The van der Waals surface area contributed by atoms with Crippen LogP contribution >= 0.6 is 0 Å². The number of ketones is 1. The number of fused-ring (bicyclic) bond motifs is 7. The molecule has 0 atom stereocenters. The molecular weight excluding hydrogens is 445 g/mol. The first-order valence-corrected chi connectivity index (χ1v) is 11.9. The summed E-state index contributed by atoms with van der Waals surface area (Å²) in [4.78, 5) is 27.9. The fourth-order valence-electron chi connectivity index (χ4n) is 5.55. The third-order valence-electron chi connectivity index (χ3n) is 7.48. The van der Waals surface area contributed by atoms with Crippen molar-refractivity contribution in [1.82, 2.24) is 15.0 Å². The van der Waals surface area contributed by atoms with Gasteiger partial charge in [0.2, 0.25) is 0 Å². The molecule has 5 nitrogen and oxygen atoms in total. The van der Waals surface area contributed by atoms with Crippen LogP contribution in [0.4, 0.5) is 0 Å². The maximum Gasteiger partial charge on any atom is 2.00 e. The Bertz CT molecular complexity index is 1600. The number of carbonyl (C=O) groups is 1. The minimum absolute atomic E-state index is 0. The van der Waals surface area contributed by atoms with Crippen LogP contribution < -0.4 is 25.7 Å². The van der Waals surface area contributed by atoms with Crippen molar-refractivity contribution in [2.75, 3.05) is 0 Å². The summed E-state index contributed by atoms with van der Waals surface area (Å²) in [6, 6.07) is 0. The number of rotatable bonds is 2. The molecule has 1 aliphatic carbocycles. The van der Waals surface area contributed by atoms with Gasteiger partial charge in [-0.1, -0.05) is 65.6 Å². The molecule has 0 amide bonds. The molecular formula is C29H26MgN4O-2. The first kappa shape index (κ1) is 23.8. The summed E-state index contributed by atoms with van der Waals surface area (Å²) < 4.78 is 0. The van der Waals surface area contributed by atoms with E-state index in [1.807, 2.05) is 19.1 Å². The quantitative estimate of drug-likeness (QED) is 0.534. The normalized spacial score (nSPS) is 21.4. The van der Waals surface area contributed by atoms with Gasteiger partial charge < -0.3 is 20.3 Å². The first-order chi connectivity index (χ1) is 16.4. The zero-order valence-corrected chi connectivity index (χ0v) is 22.2. The molecule has 2 aliphatic heterocycles. The Morgan fingerprint density at radius 3 is 2.40 bits per heavy atom.